The molecule has 29 heavy (non-hydrogen) atoms. The van der Waals surface area contributed by atoms with Gasteiger partial charge in [0.25, 0.3) is 5.91 Å². The third-order valence-electron chi connectivity index (χ3n) is 5.31. The molecule has 0 unspecified atom stereocenters. The maximum absolute atomic E-state index is 12.8. The van der Waals surface area contributed by atoms with Crippen LogP contribution in [0.3, 0.4) is 0 Å². The van der Waals surface area contributed by atoms with Crippen LogP contribution in [0.4, 0.5) is 5.69 Å². The number of amides is 2. The van der Waals surface area contributed by atoms with Crippen LogP contribution in [0, 0.1) is 5.92 Å². The van der Waals surface area contributed by atoms with E-state index in [0.29, 0.717) is 35.3 Å². The van der Waals surface area contributed by atoms with Gasteiger partial charge in [0.2, 0.25) is 12.7 Å². The number of carbonyl (C=O) groups excluding carboxylic acids is 2. The maximum atomic E-state index is 12.8. The summed E-state index contributed by atoms with van der Waals surface area (Å²) in [6, 6.07) is 13.0. The van der Waals surface area contributed by atoms with Crippen molar-refractivity contribution in [2.24, 2.45) is 5.92 Å². The number of hydrogen-bond acceptors (Lipinski definition) is 5. The van der Waals surface area contributed by atoms with Crippen molar-refractivity contribution in [3.8, 4) is 11.5 Å². The topological polar surface area (TPSA) is 88.7 Å². The van der Waals surface area contributed by atoms with Crippen molar-refractivity contribution in [2.75, 3.05) is 18.7 Å². The number of para-hydroxylation sites is 1. The summed E-state index contributed by atoms with van der Waals surface area (Å²) in [4.78, 5) is 25.4. The Balaban J connectivity index is 1.40. The van der Waals surface area contributed by atoms with Crippen LogP contribution in [-0.4, -0.2) is 31.2 Å². The molecule has 2 atom stereocenters. The van der Waals surface area contributed by atoms with E-state index in [9.17, 15) is 9.59 Å². The quantitative estimate of drug-likeness (QED) is 0.724. The number of benzene rings is 2. The van der Waals surface area contributed by atoms with E-state index in [2.05, 4.69) is 22.9 Å². The van der Waals surface area contributed by atoms with Crippen LogP contribution in [0.15, 0.2) is 42.5 Å². The van der Waals surface area contributed by atoms with Crippen LogP contribution in [0.1, 0.15) is 35.7 Å². The molecular formula is C22H25N3O4. The minimum absolute atomic E-state index is 0.0330. The van der Waals surface area contributed by atoms with E-state index in [4.69, 9.17) is 9.47 Å². The molecule has 3 N–H and O–H groups in total. The van der Waals surface area contributed by atoms with Gasteiger partial charge >= 0.3 is 0 Å². The van der Waals surface area contributed by atoms with Crippen LogP contribution in [0.2, 0.25) is 0 Å². The van der Waals surface area contributed by atoms with Gasteiger partial charge in [-0.3, -0.25) is 9.59 Å². The molecule has 2 amide bonds. The molecule has 0 aliphatic carbocycles. The van der Waals surface area contributed by atoms with E-state index in [-0.39, 0.29) is 24.5 Å². The van der Waals surface area contributed by atoms with Gasteiger partial charge in [0.05, 0.1) is 11.3 Å². The predicted octanol–water partition coefficient (Wildman–Crippen LogP) is 2.67. The number of nitrogens with one attached hydrogen (secondary N) is 3. The molecule has 0 bridgehead atoms. The monoisotopic (exact) mass is 395 g/mol. The molecule has 1 saturated heterocycles. The van der Waals surface area contributed by atoms with Gasteiger partial charge < -0.3 is 25.4 Å². The van der Waals surface area contributed by atoms with Crippen LogP contribution in [0.5, 0.6) is 11.5 Å². The zero-order chi connectivity index (χ0) is 20.2. The average Bonchev–Trinajstić information content (AvgIpc) is 3.20. The van der Waals surface area contributed by atoms with Crippen LogP contribution in [-0.2, 0) is 11.3 Å². The van der Waals surface area contributed by atoms with Gasteiger partial charge in [-0.2, -0.15) is 0 Å². The lowest BCUT2D eigenvalue weighted by Crippen LogP contribution is -2.40. The minimum Gasteiger partial charge on any atom is -0.454 e. The van der Waals surface area contributed by atoms with Crippen molar-refractivity contribution >= 4 is 17.5 Å². The first-order chi connectivity index (χ1) is 14.1. The van der Waals surface area contributed by atoms with Crippen molar-refractivity contribution in [3.05, 3.63) is 53.6 Å². The molecule has 2 aliphatic rings. The number of rotatable bonds is 5. The number of ether oxygens (including phenoxy) is 2. The number of anilines is 1. The smallest absolute Gasteiger partial charge is 0.253 e. The lowest BCUT2D eigenvalue weighted by atomic mass is 9.92. The normalized spacial score (nSPS) is 20.2. The Morgan fingerprint density at radius 2 is 1.97 bits per heavy atom. The second-order valence-corrected chi connectivity index (χ2v) is 7.48. The summed E-state index contributed by atoms with van der Waals surface area (Å²) in [7, 11) is 0. The SMILES string of the molecule is C[C@H]1C[C@@H](C(=O)Nc2ccccc2C(=O)NCc2ccc3c(c2)OCO3)CCN1. The first kappa shape index (κ1) is 19.3. The maximum Gasteiger partial charge on any atom is 0.253 e. The molecule has 0 saturated carbocycles. The van der Waals surface area contributed by atoms with Crippen molar-refractivity contribution < 1.29 is 19.1 Å². The number of piperidine rings is 1. The zero-order valence-electron chi connectivity index (χ0n) is 16.4. The Kier molecular flexibility index (Phi) is 5.67. The molecule has 0 spiro atoms. The standard InChI is InChI=1S/C22H25N3O4/c1-14-10-16(8-9-23-14)21(26)25-18-5-3-2-4-17(18)22(27)24-12-15-6-7-19-20(11-15)29-13-28-19/h2-7,11,14,16,23H,8-10,12-13H2,1H3,(H,24,27)(H,25,26)/t14-,16-/m0/s1. The number of fused-ring (bicyclic) bond motifs is 1. The molecule has 4 rings (SSSR count). The third kappa shape index (κ3) is 4.51. The summed E-state index contributed by atoms with van der Waals surface area (Å²) in [5.74, 6) is 1.07. The predicted molar refractivity (Wildman–Crippen MR) is 109 cm³/mol. The Morgan fingerprint density at radius 1 is 1.14 bits per heavy atom. The largest absolute Gasteiger partial charge is 0.454 e. The number of hydrogen-bond donors (Lipinski definition) is 3. The lowest BCUT2D eigenvalue weighted by Gasteiger charge is -2.27. The van der Waals surface area contributed by atoms with E-state index in [1.807, 2.05) is 24.3 Å². The van der Waals surface area contributed by atoms with E-state index < -0.39 is 0 Å². The summed E-state index contributed by atoms with van der Waals surface area (Å²) in [6.07, 6.45) is 1.60. The molecule has 2 heterocycles. The van der Waals surface area contributed by atoms with E-state index in [0.717, 1.165) is 24.9 Å². The minimum atomic E-state index is -0.239. The van der Waals surface area contributed by atoms with Crippen molar-refractivity contribution in [1.82, 2.24) is 10.6 Å². The molecule has 2 aliphatic heterocycles. The first-order valence-electron chi connectivity index (χ1n) is 9.90. The molecule has 0 radical (unpaired) electrons. The Labute approximate surface area is 169 Å². The molecule has 2 aromatic carbocycles. The van der Waals surface area contributed by atoms with Crippen molar-refractivity contribution in [3.63, 3.8) is 0 Å². The second-order valence-electron chi connectivity index (χ2n) is 7.48. The summed E-state index contributed by atoms with van der Waals surface area (Å²) in [6.45, 7) is 3.48. The highest BCUT2D eigenvalue weighted by Crippen LogP contribution is 2.32. The molecule has 2 aromatic rings. The fraction of sp³-hybridized carbons (Fsp3) is 0.364. The zero-order valence-corrected chi connectivity index (χ0v) is 16.4. The fourth-order valence-corrected chi connectivity index (χ4v) is 3.72. The Morgan fingerprint density at radius 3 is 2.83 bits per heavy atom. The van der Waals surface area contributed by atoms with Gasteiger partial charge in [-0.25, -0.2) is 0 Å². The third-order valence-corrected chi connectivity index (χ3v) is 5.31. The van der Waals surface area contributed by atoms with Crippen LogP contribution in [0.25, 0.3) is 0 Å². The van der Waals surface area contributed by atoms with Crippen LogP contribution < -0.4 is 25.4 Å². The summed E-state index contributed by atoms with van der Waals surface area (Å²) in [5, 5.41) is 9.21. The van der Waals surface area contributed by atoms with Crippen molar-refractivity contribution in [1.29, 1.82) is 0 Å². The molecule has 7 nitrogen and oxygen atoms in total. The van der Waals surface area contributed by atoms with Gasteiger partial charge in [-0.15, -0.1) is 0 Å². The molecule has 7 heteroatoms. The lowest BCUT2D eigenvalue weighted by molar-refractivity contribution is -0.120. The highest BCUT2D eigenvalue weighted by Gasteiger charge is 2.25. The summed E-state index contributed by atoms with van der Waals surface area (Å²) < 4.78 is 10.7. The van der Waals surface area contributed by atoms with Gasteiger partial charge in [-0.05, 0) is 56.1 Å². The second kappa shape index (κ2) is 8.53. The van der Waals surface area contributed by atoms with Crippen molar-refractivity contribution in [2.45, 2.75) is 32.4 Å². The van der Waals surface area contributed by atoms with E-state index >= 15 is 0 Å². The molecule has 152 valence electrons. The molecule has 0 aromatic heterocycles. The van der Waals surface area contributed by atoms with Gasteiger partial charge in [0.1, 0.15) is 0 Å². The van der Waals surface area contributed by atoms with Crippen LogP contribution >= 0.6 is 0 Å². The Bertz CT molecular complexity index is 915. The molecule has 1 fully saturated rings. The first-order valence-corrected chi connectivity index (χ1v) is 9.90. The fourth-order valence-electron chi connectivity index (χ4n) is 3.72. The van der Waals surface area contributed by atoms with Gasteiger partial charge in [-0.1, -0.05) is 18.2 Å². The van der Waals surface area contributed by atoms with Gasteiger partial charge in [0.15, 0.2) is 11.5 Å². The van der Waals surface area contributed by atoms with E-state index in [1.165, 1.54) is 0 Å². The van der Waals surface area contributed by atoms with E-state index in [1.54, 1.807) is 18.2 Å². The average molecular weight is 395 g/mol. The Hall–Kier alpha value is -3.06. The molecular weight excluding hydrogens is 370 g/mol. The number of carbonyl (C=O) groups is 2. The summed E-state index contributed by atoms with van der Waals surface area (Å²) in [5.41, 5.74) is 1.89. The highest BCUT2D eigenvalue weighted by atomic mass is 16.7. The van der Waals surface area contributed by atoms with Gasteiger partial charge in [0, 0.05) is 18.5 Å². The highest BCUT2D eigenvalue weighted by molar-refractivity contribution is 6.04. The summed E-state index contributed by atoms with van der Waals surface area (Å²) >= 11 is 0.